The minimum Gasteiger partial charge on any atom is -0.466 e. The van der Waals surface area contributed by atoms with Crippen LogP contribution in [0, 0.1) is 0 Å². The van der Waals surface area contributed by atoms with E-state index < -0.39 is 17.4 Å². The van der Waals surface area contributed by atoms with Gasteiger partial charge >= 0.3 is 0 Å². The second kappa shape index (κ2) is 5.73. The number of carbonyl (C=O) groups excluding carboxylic acids is 2. The van der Waals surface area contributed by atoms with E-state index in [1.165, 1.54) is 6.92 Å². The van der Waals surface area contributed by atoms with Crippen molar-refractivity contribution in [2.75, 3.05) is 5.32 Å². The molecule has 1 saturated heterocycles. The summed E-state index contributed by atoms with van der Waals surface area (Å²) in [6.07, 6.45) is 1.58. The van der Waals surface area contributed by atoms with Crippen molar-refractivity contribution in [2.45, 2.75) is 70.2 Å². The van der Waals surface area contributed by atoms with Gasteiger partial charge in [-0.05, 0) is 59.6 Å². The molecule has 3 rings (SSSR count). The molecule has 1 aromatic rings. The average Bonchev–Trinajstić information content (AvgIpc) is 2.45. The van der Waals surface area contributed by atoms with Crippen LogP contribution in [0.15, 0.2) is 24.3 Å². The third kappa shape index (κ3) is 3.49. The highest BCUT2D eigenvalue weighted by atomic mass is 16.5. The molecule has 25 heavy (non-hydrogen) atoms. The Labute approximate surface area is 148 Å². The zero-order valence-corrected chi connectivity index (χ0v) is 15.5. The Balaban J connectivity index is 1.78. The zero-order chi connectivity index (χ0) is 18.5. The third-order valence-electron chi connectivity index (χ3n) is 4.84. The van der Waals surface area contributed by atoms with Gasteiger partial charge in [-0.2, -0.15) is 0 Å². The molecule has 2 aliphatic rings. The fourth-order valence-electron chi connectivity index (χ4n) is 4.06. The van der Waals surface area contributed by atoms with Crippen molar-refractivity contribution in [3.63, 3.8) is 0 Å². The van der Waals surface area contributed by atoms with Crippen molar-refractivity contribution in [3.05, 3.63) is 24.3 Å². The number of nitrogens with one attached hydrogen (secondary N) is 3. The van der Waals surface area contributed by atoms with Gasteiger partial charge in [-0.1, -0.05) is 12.1 Å². The van der Waals surface area contributed by atoms with E-state index in [4.69, 9.17) is 4.74 Å². The quantitative estimate of drug-likeness (QED) is 0.718. The van der Waals surface area contributed by atoms with Crippen LogP contribution in [0.25, 0.3) is 0 Å². The van der Waals surface area contributed by atoms with Crippen LogP contribution in [0.4, 0.5) is 5.69 Å². The Kier molecular flexibility index (Phi) is 4.06. The second-order valence-corrected chi connectivity index (χ2v) is 8.56. The minimum absolute atomic E-state index is 0.0239. The molecule has 6 heteroatoms. The maximum absolute atomic E-state index is 12.9. The smallest absolute Gasteiger partial charge is 0.278 e. The minimum atomic E-state index is -1.58. The molecular weight excluding hydrogens is 318 g/mol. The van der Waals surface area contributed by atoms with Gasteiger partial charge in [0.1, 0.15) is 5.75 Å². The van der Waals surface area contributed by atoms with Crippen LogP contribution in [-0.4, -0.2) is 34.5 Å². The van der Waals surface area contributed by atoms with Crippen LogP contribution in [0.3, 0.4) is 0 Å². The molecule has 3 N–H and O–H groups in total. The van der Waals surface area contributed by atoms with E-state index in [2.05, 4.69) is 43.6 Å². The summed E-state index contributed by atoms with van der Waals surface area (Å²) in [5.74, 6) is -0.347. The molecule has 0 saturated carbocycles. The number of anilines is 1. The number of hydrogen-bond donors (Lipinski definition) is 3. The predicted molar refractivity (Wildman–Crippen MR) is 96.6 cm³/mol. The van der Waals surface area contributed by atoms with Crippen molar-refractivity contribution >= 4 is 17.5 Å². The summed E-state index contributed by atoms with van der Waals surface area (Å²) in [5, 5.41) is 9.38. The molecule has 1 unspecified atom stereocenters. The van der Waals surface area contributed by atoms with Gasteiger partial charge in [0.05, 0.1) is 5.69 Å². The van der Waals surface area contributed by atoms with Crippen LogP contribution in [0.1, 0.15) is 47.5 Å². The first-order valence-corrected chi connectivity index (χ1v) is 8.71. The van der Waals surface area contributed by atoms with E-state index in [9.17, 15) is 9.59 Å². The molecule has 2 heterocycles. The highest BCUT2D eigenvalue weighted by Crippen LogP contribution is 2.34. The monoisotopic (exact) mass is 345 g/mol. The van der Waals surface area contributed by atoms with Gasteiger partial charge in [0.25, 0.3) is 17.4 Å². The molecule has 0 bridgehead atoms. The topological polar surface area (TPSA) is 79.5 Å². The van der Waals surface area contributed by atoms with Gasteiger partial charge < -0.3 is 20.7 Å². The molecule has 2 aliphatic heterocycles. The van der Waals surface area contributed by atoms with Crippen LogP contribution >= 0.6 is 0 Å². The summed E-state index contributed by atoms with van der Waals surface area (Å²) >= 11 is 0. The normalized spacial score (nSPS) is 27.6. The van der Waals surface area contributed by atoms with Crippen molar-refractivity contribution < 1.29 is 14.3 Å². The van der Waals surface area contributed by atoms with E-state index in [1.54, 1.807) is 12.1 Å². The highest BCUT2D eigenvalue weighted by molar-refractivity contribution is 6.15. The lowest BCUT2D eigenvalue weighted by Crippen LogP contribution is -2.65. The maximum Gasteiger partial charge on any atom is 0.278 e. The maximum atomic E-state index is 12.9. The Morgan fingerprint density at radius 1 is 1.12 bits per heavy atom. The summed E-state index contributed by atoms with van der Waals surface area (Å²) in [7, 11) is 0. The predicted octanol–water partition coefficient (Wildman–Crippen LogP) is 2.20. The first-order valence-electron chi connectivity index (χ1n) is 8.71. The lowest BCUT2D eigenvalue weighted by Gasteiger charge is -2.47. The molecule has 136 valence electrons. The summed E-state index contributed by atoms with van der Waals surface area (Å²) in [6, 6.07) is 7.10. The molecular formula is C19H27N3O3. The van der Waals surface area contributed by atoms with E-state index in [1.807, 2.05) is 12.1 Å². The van der Waals surface area contributed by atoms with Gasteiger partial charge in [0.15, 0.2) is 0 Å². The number of carbonyl (C=O) groups is 2. The molecule has 2 amide bonds. The van der Waals surface area contributed by atoms with Crippen molar-refractivity contribution in [3.8, 4) is 5.75 Å². The zero-order valence-electron chi connectivity index (χ0n) is 15.5. The van der Waals surface area contributed by atoms with Crippen LogP contribution < -0.4 is 20.7 Å². The Bertz CT molecular complexity index is 698. The number of ether oxygens (including phenoxy) is 1. The number of para-hydroxylation sites is 2. The average molecular weight is 345 g/mol. The third-order valence-corrected chi connectivity index (χ3v) is 4.84. The SMILES string of the molecule is CC1(C)CC(NC(=O)C2(C)Oc3ccccc3NC2=O)CC(C)(C)N1. The van der Waals surface area contributed by atoms with E-state index in [0.717, 1.165) is 12.8 Å². The van der Waals surface area contributed by atoms with Gasteiger partial charge in [0, 0.05) is 17.1 Å². The molecule has 0 aromatic heterocycles. The van der Waals surface area contributed by atoms with E-state index in [0.29, 0.717) is 11.4 Å². The first-order chi connectivity index (χ1) is 11.5. The Hall–Kier alpha value is -2.08. The Morgan fingerprint density at radius 2 is 1.72 bits per heavy atom. The number of amides is 2. The molecule has 1 aromatic carbocycles. The fourth-order valence-corrected chi connectivity index (χ4v) is 4.06. The number of hydrogen-bond acceptors (Lipinski definition) is 4. The van der Waals surface area contributed by atoms with Gasteiger partial charge in [-0.3, -0.25) is 9.59 Å². The summed E-state index contributed by atoms with van der Waals surface area (Å²) in [6.45, 7) is 10.00. The summed E-state index contributed by atoms with van der Waals surface area (Å²) < 4.78 is 5.80. The van der Waals surface area contributed by atoms with Crippen LogP contribution in [0.5, 0.6) is 5.75 Å². The summed E-state index contributed by atoms with van der Waals surface area (Å²) in [4.78, 5) is 25.4. The number of fused-ring (bicyclic) bond motifs is 1. The van der Waals surface area contributed by atoms with E-state index >= 15 is 0 Å². The molecule has 1 fully saturated rings. The van der Waals surface area contributed by atoms with Crippen molar-refractivity contribution in [1.82, 2.24) is 10.6 Å². The molecule has 0 spiro atoms. The lowest BCUT2D eigenvalue weighted by molar-refractivity contribution is -0.147. The van der Waals surface area contributed by atoms with Crippen molar-refractivity contribution in [1.29, 1.82) is 0 Å². The summed E-state index contributed by atoms with van der Waals surface area (Å²) in [5.41, 5.74) is -1.18. The number of piperidine rings is 1. The molecule has 0 aliphatic carbocycles. The van der Waals surface area contributed by atoms with Crippen LogP contribution in [0.2, 0.25) is 0 Å². The highest BCUT2D eigenvalue weighted by Gasteiger charge is 2.49. The fraction of sp³-hybridized carbons (Fsp3) is 0.579. The largest absolute Gasteiger partial charge is 0.466 e. The van der Waals surface area contributed by atoms with Crippen molar-refractivity contribution in [2.24, 2.45) is 0 Å². The number of rotatable bonds is 2. The first kappa shape index (κ1) is 17.7. The van der Waals surface area contributed by atoms with Gasteiger partial charge in [-0.25, -0.2) is 0 Å². The van der Waals surface area contributed by atoms with E-state index in [-0.39, 0.29) is 17.1 Å². The Morgan fingerprint density at radius 3 is 2.36 bits per heavy atom. The molecule has 0 radical (unpaired) electrons. The molecule has 6 nitrogen and oxygen atoms in total. The standard InChI is InChI=1S/C19H27N3O3/c1-17(2)10-12(11-18(3,4)22-17)20-15(23)19(5)16(24)21-13-8-6-7-9-14(13)25-19/h6-9,12,22H,10-11H2,1-5H3,(H,20,23)(H,21,24). The number of benzene rings is 1. The van der Waals surface area contributed by atoms with Gasteiger partial charge in [0.2, 0.25) is 0 Å². The van der Waals surface area contributed by atoms with Crippen LogP contribution in [-0.2, 0) is 9.59 Å². The lowest BCUT2D eigenvalue weighted by atomic mass is 9.79. The second-order valence-electron chi connectivity index (χ2n) is 8.56. The molecule has 1 atom stereocenters. The van der Waals surface area contributed by atoms with Gasteiger partial charge in [-0.15, -0.1) is 0 Å².